The lowest BCUT2D eigenvalue weighted by Crippen LogP contribution is -2.33. The molecule has 1 heterocycles. The van der Waals surface area contributed by atoms with Gasteiger partial charge in [-0.25, -0.2) is 4.79 Å². The number of rotatable bonds is 3. The second kappa shape index (κ2) is 3.60. The monoisotopic (exact) mass is 184 g/mol. The van der Waals surface area contributed by atoms with Crippen LogP contribution in [0.15, 0.2) is 12.7 Å². The van der Waals surface area contributed by atoms with Crippen molar-refractivity contribution in [3.05, 3.63) is 12.7 Å². The highest BCUT2D eigenvalue weighted by Gasteiger charge is 2.42. The quantitative estimate of drug-likeness (QED) is 0.488. The van der Waals surface area contributed by atoms with E-state index in [9.17, 15) is 9.59 Å². The van der Waals surface area contributed by atoms with E-state index in [-0.39, 0.29) is 5.97 Å². The molecule has 0 aliphatic carbocycles. The predicted molar refractivity (Wildman–Crippen MR) is 44.6 cm³/mol. The molecule has 0 aromatic heterocycles. The van der Waals surface area contributed by atoms with Crippen LogP contribution in [0.4, 0.5) is 0 Å². The lowest BCUT2D eigenvalue weighted by atomic mass is 10.1. The average molecular weight is 184 g/mol. The lowest BCUT2D eigenvalue weighted by molar-refractivity contribution is -0.211. The smallest absolute Gasteiger partial charge is 0.333 e. The molecule has 72 valence electrons. The molecule has 0 bridgehead atoms. The SMILES string of the molecule is C=CC(=O)OC1(CC)CCC(=O)O1. The molecule has 0 radical (unpaired) electrons. The summed E-state index contributed by atoms with van der Waals surface area (Å²) >= 11 is 0. The van der Waals surface area contributed by atoms with Crippen molar-refractivity contribution in [2.24, 2.45) is 0 Å². The van der Waals surface area contributed by atoms with E-state index in [4.69, 9.17) is 9.47 Å². The Morgan fingerprint density at radius 3 is 2.92 bits per heavy atom. The molecule has 0 amide bonds. The second-order valence-electron chi connectivity index (χ2n) is 2.86. The molecule has 0 aromatic rings. The van der Waals surface area contributed by atoms with Gasteiger partial charge >= 0.3 is 11.9 Å². The van der Waals surface area contributed by atoms with Crippen molar-refractivity contribution in [3.63, 3.8) is 0 Å². The maximum atomic E-state index is 10.9. The number of esters is 2. The van der Waals surface area contributed by atoms with E-state index in [1.165, 1.54) is 0 Å². The molecule has 4 heteroatoms. The molecule has 1 fully saturated rings. The Balaban J connectivity index is 2.65. The number of hydrogen-bond acceptors (Lipinski definition) is 4. The summed E-state index contributed by atoms with van der Waals surface area (Å²) in [7, 11) is 0. The van der Waals surface area contributed by atoms with Crippen LogP contribution in [0.5, 0.6) is 0 Å². The first-order valence-electron chi connectivity index (χ1n) is 4.19. The Labute approximate surface area is 76.5 Å². The summed E-state index contributed by atoms with van der Waals surface area (Å²) in [6, 6.07) is 0. The van der Waals surface area contributed by atoms with Crippen molar-refractivity contribution in [2.75, 3.05) is 0 Å². The van der Waals surface area contributed by atoms with Crippen molar-refractivity contribution < 1.29 is 19.1 Å². The minimum Gasteiger partial charge on any atom is -0.422 e. The van der Waals surface area contributed by atoms with Gasteiger partial charge in [0, 0.05) is 18.9 Å². The van der Waals surface area contributed by atoms with E-state index in [0.29, 0.717) is 19.3 Å². The maximum absolute atomic E-state index is 10.9. The summed E-state index contributed by atoms with van der Waals surface area (Å²) in [4.78, 5) is 21.8. The Hall–Kier alpha value is -1.32. The van der Waals surface area contributed by atoms with E-state index in [0.717, 1.165) is 6.08 Å². The number of hydrogen-bond donors (Lipinski definition) is 0. The predicted octanol–water partition coefficient (Wildman–Crippen LogP) is 1.16. The number of cyclic esters (lactones) is 1. The van der Waals surface area contributed by atoms with Gasteiger partial charge in [0.2, 0.25) is 0 Å². The summed E-state index contributed by atoms with van der Waals surface area (Å²) in [5.41, 5.74) is 0. The number of carbonyl (C=O) groups excluding carboxylic acids is 2. The molecule has 1 aliphatic heterocycles. The van der Waals surface area contributed by atoms with Crippen LogP contribution in [0.2, 0.25) is 0 Å². The van der Waals surface area contributed by atoms with E-state index in [1.807, 2.05) is 0 Å². The van der Waals surface area contributed by atoms with Crippen LogP contribution >= 0.6 is 0 Å². The molecule has 0 N–H and O–H groups in total. The van der Waals surface area contributed by atoms with E-state index >= 15 is 0 Å². The summed E-state index contributed by atoms with van der Waals surface area (Å²) in [5.74, 6) is -1.92. The first-order valence-corrected chi connectivity index (χ1v) is 4.19. The van der Waals surface area contributed by atoms with Crippen molar-refractivity contribution in [2.45, 2.75) is 32.0 Å². The first-order chi connectivity index (χ1) is 6.12. The van der Waals surface area contributed by atoms with Crippen molar-refractivity contribution in [3.8, 4) is 0 Å². The molecule has 0 aromatic carbocycles. The Morgan fingerprint density at radius 2 is 2.54 bits per heavy atom. The highest BCUT2D eigenvalue weighted by atomic mass is 16.7. The zero-order valence-electron chi connectivity index (χ0n) is 7.54. The Bertz CT molecular complexity index is 246. The first kappa shape index (κ1) is 9.77. The molecule has 0 spiro atoms. The Morgan fingerprint density at radius 1 is 1.85 bits per heavy atom. The van der Waals surface area contributed by atoms with Gasteiger partial charge in [-0.1, -0.05) is 13.5 Å². The minimum atomic E-state index is -1.04. The standard InChI is InChI=1S/C9H12O4/c1-3-7(10)12-9(4-2)6-5-8(11)13-9/h3H,1,4-6H2,2H3. The lowest BCUT2D eigenvalue weighted by Gasteiger charge is -2.24. The number of carbonyl (C=O) groups is 2. The van der Waals surface area contributed by atoms with Crippen molar-refractivity contribution >= 4 is 11.9 Å². The number of ether oxygens (including phenoxy) is 2. The zero-order chi connectivity index (χ0) is 9.90. The fourth-order valence-electron chi connectivity index (χ4n) is 1.22. The van der Waals surface area contributed by atoms with E-state index in [2.05, 4.69) is 6.58 Å². The zero-order valence-corrected chi connectivity index (χ0v) is 7.54. The van der Waals surface area contributed by atoms with Crippen LogP contribution in [0.25, 0.3) is 0 Å². The van der Waals surface area contributed by atoms with Crippen LogP contribution in [0, 0.1) is 0 Å². The summed E-state index contributed by atoms with van der Waals surface area (Å²) in [6.07, 6.45) is 2.27. The summed E-state index contributed by atoms with van der Waals surface area (Å²) in [5, 5.41) is 0. The van der Waals surface area contributed by atoms with Gasteiger partial charge < -0.3 is 9.47 Å². The molecule has 13 heavy (non-hydrogen) atoms. The van der Waals surface area contributed by atoms with Gasteiger partial charge in [-0.2, -0.15) is 0 Å². The summed E-state index contributed by atoms with van der Waals surface area (Å²) < 4.78 is 9.91. The molecule has 1 aliphatic rings. The maximum Gasteiger partial charge on any atom is 0.333 e. The van der Waals surface area contributed by atoms with Crippen LogP contribution < -0.4 is 0 Å². The van der Waals surface area contributed by atoms with Crippen LogP contribution in [-0.2, 0) is 19.1 Å². The molecule has 1 saturated heterocycles. The normalized spacial score (nSPS) is 26.7. The fraction of sp³-hybridized carbons (Fsp3) is 0.556. The Kier molecular flexibility index (Phi) is 2.70. The van der Waals surface area contributed by atoms with Gasteiger partial charge in [0.05, 0.1) is 6.42 Å². The van der Waals surface area contributed by atoms with Crippen molar-refractivity contribution in [1.82, 2.24) is 0 Å². The molecule has 4 nitrogen and oxygen atoms in total. The van der Waals surface area contributed by atoms with Gasteiger partial charge in [-0.15, -0.1) is 0 Å². The fourth-order valence-corrected chi connectivity index (χ4v) is 1.22. The van der Waals surface area contributed by atoms with E-state index in [1.54, 1.807) is 6.92 Å². The van der Waals surface area contributed by atoms with Crippen LogP contribution in [0.3, 0.4) is 0 Å². The third-order valence-corrected chi connectivity index (χ3v) is 2.00. The third kappa shape index (κ3) is 2.08. The van der Waals surface area contributed by atoms with E-state index < -0.39 is 11.8 Å². The molecular formula is C9H12O4. The highest BCUT2D eigenvalue weighted by Crippen LogP contribution is 2.31. The highest BCUT2D eigenvalue weighted by molar-refractivity contribution is 5.82. The molecule has 1 rings (SSSR count). The molecule has 1 unspecified atom stereocenters. The topological polar surface area (TPSA) is 52.6 Å². The van der Waals surface area contributed by atoms with Gasteiger partial charge in [0.15, 0.2) is 0 Å². The van der Waals surface area contributed by atoms with Crippen LogP contribution in [0.1, 0.15) is 26.2 Å². The molecule has 1 atom stereocenters. The van der Waals surface area contributed by atoms with Gasteiger partial charge in [0.25, 0.3) is 5.79 Å². The van der Waals surface area contributed by atoms with Gasteiger partial charge in [-0.3, -0.25) is 4.79 Å². The molecular weight excluding hydrogens is 172 g/mol. The third-order valence-electron chi connectivity index (χ3n) is 2.00. The van der Waals surface area contributed by atoms with Gasteiger partial charge in [-0.05, 0) is 0 Å². The summed E-state index contributed by atoms with van der Waals surface area (Å²) in [6.45, 7) is 5.07. The van der Waals surface area contributed by atoms with Crippen LogP contribution in [-0.4, -0.2) is 17.7 Å². The molecule has 0 saturated carbocycles. The largest absolute Gasteiger partial charge is 0.422 e. The average Bonchev–Trinajstić information content (AvgIpc) is 2.48. The minimum absolute atomic E-state index is 0.304. The van der Waals surface area contributed by atoms with Crippen molar-refractivity contribution in [1.29, 1.82) is 0 Å². The van der Waals surface area contributed by atoms with Gasteiger partial charge in [0.1, 0.15) is 0 Å². The second-order valence-corrected chi connectivity index (χ2v) is 2.86.